The number of benzene rings is 1. The average Bonchev–Trinajstić information content (AvgIpc) is 2.33. The molecule has 1 aliphatic carbocycles. The molecule has 1 N–H and O–H groups in total. The molecule has 0 heterocycles. The van der Waals surface area contributed by atoms with Crippen LogP contribution in [-0.4, -0.2) is 6.04 Å². The van der Waals surface area contributed by atoms with Crippen LogP contribution in [0.4, 0.5) is 5.69 Å². The molecule has 1 saturated carbocycles. The van der Waals surface area contributed by atoms with Gasteiger partial charge in [0.1, 0.15) is 0 Å². The summed E-state index contributed by atoms with van der Waals surface area (Å²) in [5, 5.41) is 3.80. The zero-order valence-corrected chi connectivity index (χ0v) is 13.3. The minimum atomic E-state index is 0.413. The van der Waals surface area contributed by atoms with Crippen molar-refractivity contribution in [1.29, 1.82) is 0 Å². The van der Waals surface area contributed by atoms with E-state index in [0.29, 0.717) is 11.5 Å². The molecular weight excluding hydrogens is 286 g/mol. The van der Waals surface area contributed by atoms with E-state index in [0.717, 1.165) is 6.42 Å². The van der Waals surface area contributed by atoms with Crippen molar-refractivity contribution < 1.29 is 0 Å². The van der Waals surface area contributed by atoms with E-state index < -0.39 is 0 Å². The molecule has 0 amide bonds. The number of anilines is 1. The predicted octanol–water partition coefficient (Wildman–Crippen LogP) is 5.39. The molecule has 0 radical (unpaired) electrons. The highest BCUT2D eigenvalue weighted by atomic mass is 79.9. The number of hydrogen-bond acceptors (Lipinski definition) is 1. The van der Waals surface area contributed by atoms with Crippen molar-refractivity contribution in [3.63, 3.8) is 0 Å². The number of halogens is 1. The van der Waals surface area contributed by atoms with Gasteiger partial charge in [-0.3, -0.25) is 0 Å². The van der Waals surface area contributed by atoms with Gasteiger partial charge < -0.3 is 5.32 Å². The summed E-state index contributed by atoms with van der Waals surface area (Å²) in [6, 6.07) is 7.20. The Morgan fingerprint density at radius 3 is 2.78 bits per heavy atom. The highest BCUT2D eigenvalue weighted by Crippen LogP contribution is 2.38. The number of hydrogen-bond donors (Lipinski definition) is 1. The molecule has 0 bridgehead atoms. The van der Waals surface area contributed by atoms with E-state index in [1.807, 2.05) is 0 Å². The Labute approximate surface area is 119 Å². The lowest BCUT2D eigenvalue weighted by atomic mass is 9.73. The summed E-state index contributed by atoms with van der Waals surface area (Å²) >= 11 is 3.56. The summed E-state index contributed by atoms with van der Waals surface area (Å²) < 4.78 is 1.17. The van der Waals surface area contributed by atoms with Gasteiger partial charge in [-0.1, -0.05) is 49.5 Å². The lowest BCUT2D eigenvalue weighted by Crippen LogP contribution is -2.39. The molecule has 1 aromatic carbocycles. The Morgan fingerprint density at radius 1 is 1.33 bits per heavy atom. The lowest BCUT2D eigenvalue weighted by molar-refractivity contribution is 0.217. The third kappa shape index (κ3) is 3.09. The Kier molecular flexibility index (Phi) is 4.37. The Balaban J connectivity index is 2.17. The summed E-state index contributed by atoms with van der Waals surface area (Å²) in [6.07, 6.45) is 6.45. The van der Waals surface area contributed by atoms with Gasteiger partial charge in [0.25, 0.3) is 0 Å². The number of rotatable bonds is 3. The molecule has 0 aromatic heterocycles. The molecule has 100 valence electrons. The summed E-state index contributed by atoms with van der Waals surface area (Å²) in [4.78, 5) is 0. The molecule has 2 rings (SSSR count). The van der Waals surface area contributed by atoms with Gasteiger partial charge in [-0.2, -0.15) is 0 Å². The van der Waals surface area contributed by atoms with Gasteiger partial charge in [0.15, 0.2) is 0 Å². The van der Waals surface area contributed by atoms with Gasteiger partial charge in [-0.15, -0.1) is 0 Å². The molecular formula is C16H24BrN. The number of aryl methyl sites for hydroxylation is 1. The Hall–Kier alpha value is -0.500. The maximum Gasteiger partial charge on any atom is 0.0375 e. The quantitative estimate of drug-likeness (QED) is 0.789. The molecule has 0 spiro atoms. The first-order valence-electron chi connectivity index (χ1n) is 7.08. The van der Waals surface area contributed by atoms with E-state index in [1.165, 1.54) is 41.4 Å². The number of nitrogens with one attached hydrogen (secondary N) is 1. The van der Waals surface area contributed by atoms with Crippen LogP contribution in [0.1, 0.15) is 52.0 Å². The molecule has 1 aromatic rings. The first-order chi connectivity index (χ1) is 8.53. The maximum atomic E-state index is 3.80. The van der Waals surface area contributed by atoms with E-state index in [1.54, 1.807) is 0 Å². The van der Waals surface area contributed by atoms with Crippen LogP contribution < -0.4 is 5.32 Å². The van der Waals surface area contributed by atoms with Crippen molar-refractivity contribution in [2.75, 3.05) is 5.32 Å². The van der Waals surface area contributed by atoms with Gasteiger partial charge in [-0.05, 0) is 48.4 Å². The van der Waals surface area contributed by atoms with E-state index in [4.69, 9.17) is 0 Å². The minimum Gasteiger partial charge on any atom is -0.382 e. The van der Waals surface area contributed by atoms with Crippen LogP contribution in [0.15, 0.2) is 22.7 Å². The molecule has 18 heavy (non-hydrogen) atoms. The molecule has 0 saturated heterocycles. The summed E-state index contributed by atoms with van der Waals surface area (Å²) in [5.74, 6) is 0. The van der Waals surface area contributed by atoms with Crippen molar-refractivity contribution in [3.05, 3.63) is 28.2 Å². The van der Waals surface area contributed by atoms with Crippen molar-refractivity contribution in [3.8, 4) is 0 Å². The minimum absolute atomic E-state index is 0.413. The SMILES string of the molecule is CCc1cc(Br)ccc1NC1CCCCC1(C)C. The Morgan fingerprint density at radius 2 is 2.11 bits per heavy atom. The second-order valence-electron chi connectivity index (χ2n) is 6.09. The van der Waals surface area contributed by atoms with Crippen LogP contribution in [0, 0.1) is 5.41 Å². The zero-order valence-electron chi connectivity index (χ0n) is 11.7. The zero-order chi connectivity index (χ0) is 13.2. The molecule has 2 heteroatoms. The lowest BCUT2D eigenvalue weighted by Gasteiger charge is -2.40. The van der Waals surface area contributed by atoms with Crippen LogP contribution in [-0.2, 0) is 6.42 Å². The van der Waals surface area contributed by atoms with Crippen molar-refractivity contribution in [2.45, 2.75) is 58.9 Å². The van der Waals surface area contributed by atoms with Crippen LogP contribution in [0.2, 0.25) is 0 Å². The van der Waals surface area contributed by atoms with E-state index in [9.17, 15) is 0 Å². The van der Waals surface area contributed by atoms with Crippen LogP contribution in [0.3, 0.4) is 0 Å². The van der Waals surface area contributed by atoms with E-state index >= 15 is 0 Å². The molecule has 1 aliphatic rings. The second-order valence-corrected chi connectivity index (χ2v) is 7.00. The monoisotopic (exact) mass is 309 g/mol. The predicted molar refractivity (Wildman–Crippen MR) is 83.2 cm³/mol. The first kappa shape index (κ1) is 13.9. The first-order valence-corrected chi connectivity index (χ1v) is 7.87. The molecule has 1 unspecified atom stereocenters. The van der Waals surface area contributed by atoms with Crippen LogP contribution in [0.5, 0.6) is 0 Å². The Bertz CT molecular complexity index is 412. The highest BCUT2D eigenvalue weighted by molar-refractivity contribution is 9.10. The van der Waals surface area contributed by atoms with Gasteiger partial charge >= 0.3 is 0 Å². The third-order valence-electron chi connectivity index (χ3n) is 4.29. The average molecular weight is 310 g/mol. The normalized spacial score (nSPS) is 22.8. The topological polar surface area (TPSA) is 12.0 Å². The fraction of sp³-hybridized carbons (Fsp3) is 0.625. The molecule has 1 atom stereocenters. The summed E-state index contributed by atoms with van der Waals surface area (Å²) in [7, 11) is 0. The highest BCUT2D eigenvalue weighted by Gasteiger charge is 2.32. The second kappa shape index (κ2) is 5.64. The standard InChI is InChI=1S/C16H24BrN/c1-4-12-11-13(17)8-9-14(12)18-15-7-5-6-10-16(15,2)3/h8-9,11,15,18H,4-7,10H2,1-3H3. The van der Waals surface area contributed by atoms with E-state index in [-0.39, 0.29) is 0 Å². The molecule has 1 fully saturated rings. The maximum absolute atomic E-state index is 3.80. The fourth-order valence-corrected chi connectivity index (χ4v) is 3.35. The molecule has 0 aliphatic heterocycles. The van der Waals surface area contributed by atoms with Gasteiger partial charge in [0.05, 0.1) is 0 Å². The fourth-order valence-electron chi connectivity index (χ4n) is 2.94. The van der Waals surface area contributed by atoms with Crippen molar-refractivity contribution >= 4 is 21.6 Å². The summed E-state index contributed by atoms with van der Waals surface area (Å²) in [5.41, 5.74) is 3.14. The summed E-state index contributed by atoms with van der Waals surface area (Å²) in [6.45, 7) is 7.02. The van der Waals surface area contributed by atoms with Crippen molar-refractivity contribution in [1.82, 2.24) is 0 Å². The largest absolute Gasteiger partial charge is 0.382 e. The van der Waals surface area contributed by atoms with Crippen LogP contribution in [0.25, 0.3) is 0 Å². The third-order valence-corrected chi connectivity index (χ3v) is 4.78. The smallest absolute Gasteiger partial charge is 0.0375 e. The van der Waals surface area contributed by atoms with E-state index in [2.05, 4.69) is 60.2 Å². The van der Waals surface area contributed by atoms with Crippen molar-refractivity contribution in [2.24, 2.45) is 5.41 Å². The van der Waals surface area contributed by atoms with Gasteiger partial charge in [0, 0.05) is 16.2 Å². The van der Waals surface area contributed by atoms with Gasteiger partial charge in [-0.25, -0.2) is 0 Å². The van der Waals surface area contributed by atoms with Crippen LogP contribution >= 0.6 is 15.9 Å². The molecule has 1 nitrogen and oxygen atoms in total. The van der Waals surface area contributed by atoms with Gasteiger partial charge in [0.2, 0.25) is 0 Å².